The van der Waals surface area contributed by atoms with Crippen molar-refractivity contribution in [2.45, 2.75) is 0 Å². The molecular weight excluding hydrogens is 387 g/mol. The fourth-order valence-electron chi connectivity index (χ4n) is 2.49. The second-order valence-corrected chi connectivity index (χ2v) is 7.11. The Morgan fingerprint density at radius 1 is 1.11 bits per heavy atom. The number of furan rings is 1. The first-order valence-corrected chi connectivity index (χ1v) is 9.18. The number of halogens is 2. The lowest BCUT2D eigenvalue weighted by molar-refractivity contribution is -0.115. The summed E-state index contributed by atoms with van der Waals surface area (Å²) >= 11 is 7.13. The maximum Gasteiger partial charge on any atom is 0.264 e. The molecule has 1 aliphatic rings. The van der Waals surface area contributed by atoms with Gasteiger partial charge in [-0.1, -0.05) is 35.9 Å². The van der Waals surface area contributed by atoms with Crippen molar-refractivity contribution in [2.75, 3.05) is 0 Å². The summed E-state index contributed by atoms with van der Waals surface area (Å²) in [6.07, 6.45) is 1.62. The summed E-state index contributed by atoms with van der Waals surface area (Å²) in [5.74, 6) is 0.410. The number of aliphatic imine (C=N–C) groups is 1. The molecule has 27 heavy (non-hydrogen) atoms. The molecular formula is C20H12ClFN2O2S. The van der Waals surface area contributed by atoms with E-state index in [9.17, 15) is 9.18 Å². The van der Waals surface area contributed by atoms with Crippen LogP contribution in [0.15, 0.2) is 75.0 Å². The van der Waals surface area contributed by atoms with Gasteiger partial charge in [-0.15, -0.1) is 0 Å². The SMILES string of the molecule is O=C1NC(=Nc2ccccc2F)S/C1=C/c1ccc(-c2cccc(Cl)c2)o1. The molecule has 0 atom stereocenters. The molecule has 4 nitrogen and oxygen atoms in total. The van der Waals surface area contributed by atoms with Crippen LogP contribution in [-0.2, 0) is 4.79 Å². The number of amides is 1. The smallest absolute Gasteiger partial charge is 0.264 e. The highest BCUT2D eigenvalue weighted by molar-refractivity contribution is 8.18. The Bertz CT molecular complexity index is 1090. The van der Waals surface area contributed by atoms with Gasteiger partial charge in [0.25, 0.3) is 5.91 Å². The van der Waals surface area contributed by atoms with E-state index in [1.807, 2.05) is 18.2 Å². The molecule has 1 amide bonds. The Labute approximate surface area is 163 Å². The number of para-hydroxylation sites is 1. The Kier molecular flexibility index (Phi) is 4.83. The van der Waals surface area contributed by atoms with Gasteiger partial charge in [-0.2, -0.15) is 0 Å². The van der Waals surface area contributed by atoms with Crippen LogP contribution in [0.25, 0.3) is 17.4 Å². The number of carbonyl (C=O) groups is 1. The van der Waals surface area contributed by atoms with E-state index in [-0.39, 0.29) is 11.6 Å². The zero-order valence-electron chi connectivity index (χ0n) is 13.8. The van der Waals surface area contributed by atoms with Crippen LogP contribution in [0.5, 0.6) is 0 Å². The molecule has 1 saturated heterocycles. The van der Waals surface area contributed by atoms with E-state index in [4.69, 9.17) is 16.0 Å². The lowest BCUT2D eigenvalue weighted by atomic mass is 10.2. The van der Waals surface area contributed by atoms with Crippen LogP contribution in [0, 0.1) is 5.82 Å². The van der Waals surface area contributed by atoms with Crippen LogP contribution in [0.1, 0.15) is 5.76 Å². The standard InChI is InChI=1S/C20H12ClFN2O2S/c21-13-5-3-4-12(10-13)17-9-8-14(26-17)11-18-19(25)24-20(27-18)23-16-7-2-1-6-15(16)22/h1-11H,(H,23,24,25)/b18-11+. The average Bonchev–Trinajstić information content (AvgIpc) is 3.24. The van der Waals surface area contributed by atoms with Crippen LogP contribution in [0.4, 0.5) is 10.1 Å². The van der Waals surface area contributed by atoms with Gasteiger partial charge in [0.2, 0.25) is 0 Å². The van der Waals surface area contributed by atoms with Crippen LogP contribution in [0.3, 0.4) is 0 Å². The van der Waals surface area contributed by atoms with Crippen molar-refractivity contribution in [1.82, 2.24) is 5.32 Å². The summed E-state index contributed by atoms with van der Waals surface area (Å²) in [5.41, 5.74) is 1.01. The zero-order chi connectivity index (χ0) is 18.8. The van der Waals surface area contributed by atoms with Gasteiger partial charge in [0.1, 0.15) is 23.0 Å². The van der Waals surface area contributed by atoms with Gasteiger partial charge in [0.15, 0.2) is 5.17 Å². The lowest BCUT2D eigenvalue weighted by Gasteiger charge is -1.97. The first-order valence-electron chi connectivity index (χ1n) is 7.98. The summed E-state index contributed by atoms with van der Waals surface area (Å²) in [5, 5.41) is 3.56. The molecule has 1 N–H and O–H groups in total. The predicted molar refractivity (Wildman–Crippen MR) is 106 cm³/mol. The molecule has 0 bridgehead atoms. The van der Waals surface area contributed by atoms with Crippen LogP contribution >= 0.6 is 23.4 Å². The lowest BCUT2D eigenvalue weighted by Crippen LogP contribution is -2.19. The number of rotatable bonds is 3. The summed E-state index contributed by atoms with van der Waals surface area (Å²) in [6.45, 7) is 0. The summed E-state index contributed by atoms with van der Waals surface area (Å²) in [7, 11) is 0. The van der Waals surface area contributed by atoms with Gasteiger partial charge in [0.05, 0.1) is 4.91 Å². The fraction of sp³-hybridized carbons (Fsp3) is 0. The van der Waals surface area contributed by atoms with E-state index >= 15 is 0 Å². The average molecular weight is 399 g/mol. The maximum absolute atomic E-state index is 13.7. The number of hydrogen-bond donors (Lipinski definition) is 1. The van der Waals surface area contributed by atoms with E-state index in [1.54, 1.807) is 42.5 Å². The van der Waals surface area contributed by atoms with E-state index in [2.05, 4.69) is 10.3 Å². The molecule has 1 fully saturated rings. The monoisotopic (exact) mass is 398 g/mol. The van der Waals surface area contributed by atoms with Crippen LogP contribution in [0.2, 0.25) is 5.02 Å². The maximum atomic E-state index is 13.7. The zero-order valence-corrected chi connectivity index (χ0v) is 15.4. The number of benzene rings is 2. The fourth-order valence-corrected chi connectivity index (χ4v) is 3.49. The third kappa shape index (κ3) is 3.97. The Hall–Kier alpha value is -2.83. The van der Waals surface area contributed by atoms with Crippen molar-refractivity contribution in [2.24, 2.45) is 4.99 Å². The van der Waals surface area contributed by atoms with Crippen molar-refractivity contribution in [1.29, 1.82) is 0 Å². The number of nitrogens with zero attached hydrogens (tertiary/aromatic N) is 1. The van der Waals surface area contributed by atoms with Crippen molar-refractivity contribution < 1.29 is 13.6 Å². The Balaban J connectivity index is 1.56. The first kappa shape index (κ1) is 17.6. The molecule has 0 spiro atoms. The quantitative estimate of drug-likeness (QED) is 0.581. The summed E-state index contributed by atoms with van der Waals surface area (Å²) in [4.78, 5) is 16.7. The molecule has 2 heterocycles. The minimum absolute atomic E-state index is 0.169. The minimum Gasteiger partial charge on any atom is -0.457 e. The van der Waals surface area contributed by atoms with E-state index in [0.717, 1.165) is 17.3 Å². The van der Waals surface area contributed by atoms with Gasteiger partial charge < -0.3 is 9.73 Å². The van der Waals surface area contributed by atoms with Crippen molar-refractivity contribution in [3.05, 3.63) is 82.2 Å². The molecule has 1 aromatic heterocycles. The largest absolute Gasteiger partial charge is 0.457 e. The predicted octanol–water partition coefficient (Wildman–Crippen LogP) is 5.63. The summed E-state index contributed by atoms with van der Waals surface area (Å²) in [6, 6.07) is 17.0. The molecule has 1 aliphatic heterocycles. The van der Waals surface area contributed by atoms with Crippen LogP contribution < -0.4 is 5.32 Å². The molecule has 3 aromatic rings. The Morgan fingerprint density at radius 2 is 1.96 bits per heavy atom. The van der Waals surface area contributed by atoms with E-state index in [0.29, 0.717) is 26.6 Å². The van der Waals surface area contributed by atoms with Gasteiger partial charge in [-0.3, -0.25) is 4.79 Å². The molecule has 0 aliphatic carbocycles. The molecule has 0 unspecified atom stereocenters. The number of carbonyl (C=O) groups excluding carboxylic acids is 1. The normalized spacial score (nSPS) is 16.9. The topological polar surface area (TPSA) is 54.6 Å². The molecule has 7 heteroatoms. The second-order valence-electron chi connectivity index (χ2n) is 5.65. The number of thioether (sulfide) groups is 1. The third-order valence-electron chi connectivity index (χ3n) is 3.73. The summed E-state index contributed by atoms with van der Waals surface area (Å²) < 4.78 is 19.5. The molecule has 0 saturated carbocycles. The van der Waals surface area contributed by atoms with Gasteiger partial charge in [0, 0.05) is 16.7 Å². The molecule has 2 aromatic carbocycles. The number of amidine groups is 1. The van der Waals surface area contributed by atoms with Crippen molar-refractivity contribution in [3.63, 3.8) is 0 Å². The molecule has 134 valence electrons. The number of hydrogen-bond acceptors (Lipinski definition) is 4. The number of nitrogens with one attached hydrogen (secondary N) is 1. The first-order chi connectivity index (χ1) is 13.1. The Morgan fingerprint density at radius 3 is 2.78 bits per heavy atom. The van der Waals surface area contributed by atoms with E-state index in [1.165, 1.54) is 6.07 Å². The van der Waals surface area contributed by atoms with Gasteiger partial charge >= 0.3 is 0 Å². The highest BCUT2D eigenvalue weighted by Crippen LogP contribution is 2.31. The van der Waals surface area contributed by atoms with Crippen molar-refractivity contribution in [3.8, 4) is 11.3 Å². The van der Waals surface area contributed by atoms with Crippen LogP contribution in [-0.4, -0.2) is 11.1 Å². The van der Waals surface area contributed by atoms with Gasteiger partial charge in [-0.25, -0.2) is 9.38 Å². The molecule has 4 rings (SSSR count). The minimum atomic E-state index is -0.450. The van der Waals surface area contributed by atoms with Gasteiger partial charge in [-0.05, 0) is 48.2 Å². The highest BCUT2D eigenvalue weighted by atomic mass is 35.5. The molecule has 0 radical (unpaired) electrons. The van der Waals surface area contributed by atoms with E-state index < -0.39 is 5.82 Å². The highest BCUT2D eigenvalue weighted by Gasteiger charge is 2.24. The van der Waals surface area contributed by atoms with Crippen molar-refractivity contribution >= 4 is 46.2 Å². The second kappa shape index (κ2) is 7.42. The third-order valence-corrected chi connectivity index (χ3v) is 4.88.